The summed E-state index contributed by atoms with van der Waals surface area (Å²) in [4.78, 5) is 18.8. The third kappa shape index (κ3) is 5.14. The summed E-state index contributed by atoms with van der Waals surface area (Å²) in [6, 6.07) is 13.0. The van der Waals surface area contributed by atoms with Crippen molar-refractivity contribution in [2.24, 2.45) is 0 Å². The molecule has 2 heterocycles. The minimum atomic E-state index is -0.0987. The summed E-state index contributed by atoms with van der Waals surface area (Å²) in [5.41, 5.74) is 2.60. The first-order chi connectivity index (χ1) is 14.6. The van der Waals surface area contributed by atoms with E-state index < -0.39 is 0 Å². The van der Waals surface area contributed by atoms with Gasteiger partial charge in [0.25, 0.3) is 0 Å². The molecule has 1 aliphatic heterocycles. The lowest BCUT2D eigenvalue weighted by Crippen LogP contribution is -2.36. The zero-order chi connectivity index (χ0) is 20.9. The number of benzene rings is 2. The van der Waals surface area contributed by atoms with Crippen molar-refractivity contribution in [3.63, 3.8) is 0 Å². The van der Waals surface area contributed by atoms with Gasteiger partial charge in [-0.3, -0.25) is 4.79 Å². The Morgan fingerprint density at radius 1 is 1.10 bits per heavy atom. The molecule has 1 amide bonds. The van der Waals surface area contributed by atoms with Crippen molar-refractivity contribution in [2.75, 3.05) is 36.5 Å². The van der Waals surface area contributed by atoms with Crippen LogP contribution in [-0.2, 0) is 16.0 Å². The minimum absolute atomic E-state index is 0.0987. The van der Waals surface area contributed by atoms with E-state index in [1.165, 1.54) is 0 Å². The second-order valence-corrected chi connectivity index (χ2v) is 7.78. The molecule has 0 bridgehead atoms. The van der Waals surface area contributed by atoms with Gasteiger partial charge in [0, 0.05) is 47.9 Å². The molecule has 0 saturated carbocycles. The number of rotatable bonds is 6. The fraction of sp³-hybridized carbons (Fsp3) is 0.273. The molecule has 3 aromatic rings. The molecule has 1 N–H and O–H groups in total. The van der Waals surface area contributed by atoms with Crippen molar-refractivity contribution < 1.29 is 13.9 Å². The topological polar surface area (TPSA) is 67.6 Å². The zero-order valence-electron chi connectivity index (χ0n) is 16.2. The van der Waals surface area contributed by atoms with Crippen LogP contribution in [0, 0.1) is 0 Å². The second-order valence-electron chi connectivity index (χ2n) is 6.94. The highest BCUT2D eigenvalue weighted by Gasteiger charge is 2.13. The molecule has 6 nitrogen and oxygen atoms in total. The van der Waals surface area contributed by atoms with Gasteiger partial charge in [0.1, 0.15) is 0 Å². The van der Waals surface area contributed by atoms with Crippen molar-refractivity contribution in [3.8, 4) is 11.3 Å². The number of carbonyl (C=O) groups is 1. The third-order valence-corrected chi connectivity index (χ3v) is 5.39. The van der Waals surface area contributed by atoms with Crippen LogP contribution < -0.4 is 10.2 Å². The number of ether oxygens (including phenoxy) is 1. The summed E-state index contributed by atoms with van der Waals surface area (Å²) >= 11 is 12.1. The van der Waals surface area contributed by atoms with Crippen LogP contribution in [0.25, 0.3) is 11.3 Å². The second kappa shape index (κ2) is 9.51. The van der Waals surface area contributed by atoms with Crippen molar-refractivity contribution in [2.45, 2.75) is 12.8 Å². The van der Waals surface area contributed by atoms with E-state index >= 15 is 0 Å². The van der Waals surface area contributed by atoms with Crippen molar-refractivity contribution in [3.05, 3.63) is 64.6 Å². The van der Waals surface area contributed by atoms with Gasteiger partial charge >= 0.3 is 0 Å². The summed E-state index contributed by atoms with van der Waals surface area (Å²) in [6.45, 7) is 3.24. The summed E-state index contributed by atoms with van der Waals surface area (Å²) in [7, 11) is 0. The van der Waals surface area contributed by atoms with Crippen molar-refractivity contribution in [1.82, 2.24) is 4.98 Å². The van der Waals surface area contributed by atoms with Gasteiger partial charge in [-0.25, -0.2) is 4.98 Å². The number of aromatic nitrogens is 1. The molecule has 0 atom stereocenters. The largest absolute Gasteiger partial charge is 0.441 e. The normalized spacial score (nSPS) is 14.0. The third-order valence-electron chi connectivity index (χ3n) is 4.84. The Morgan fingerprint density at radius 2 is 1.87 bits per heavy atom. The highest BCUT2D eigenvalue weighted by molar-refractivity contribution is 6.36. The van der Waals surface area contributed by atoms with Crippen LogP contribution in [-0.4, -0.2) is 37.2 Å². The van der Waals surface area contributed by atoms with Gasteiger partial charge in [-0.15, -0.1) is 0 Å². The molecule has 30 heavy (non-hydrogen) atoms. The van der Waals surface area contributed by atoms with E-state index in [4.69, 9.17) is 32.4 Å². The Kier molecular flexibility index (Phi) is 6.57. The fourth-order valence-electron chi connectivity index (χ4n) is 3.26. The van der Waals surface area contributed by atoms with Crippen LogP contribution in [0.5, 0.6) is 0 Å². The Bertz CT molecular complexity index is 1010. The maximum absolute atomic E-state index is 12.3. The van der Waals surface area contributed by atoms with E-state index in [1.807, 2.05) is 24.3 Å². The van der Waals surface area contributed by atoms with Crippen LogP contribution in [0.3, 0.4) is 0 Å². The maximum Gasteiger partial charge on any atom is 0.224 e. The molecule has 0 unspecified atom stereocenters. The molecule has 0 aliphatic carbocycles. The van der Waals surface area contributed by atoms with Gasteiger partial charge in [-0.05, 0) is 42.5 Å². The number of hydrogen-bond donors (Lipinski definition) is 1. The summed E-state index contributed by atoms with van der Waals surface area (Å²) in [5.74, 6) is 0.929. The average Bonchev–Trinajstić information content (AvgIpc) is 3.22. The van der Waals surface area contributed by atoms with Crippen LogP contribution in [0.2, 0.25) is 10.0 Å². The van der Waals surface area contributed by atoms with Crippen LogP contribution >= 0.6 is 23.2 Å². The quantitative estimate of drug-likeness (QED) is 0.574. The number of anilines is 2. The molecular formula is C22H21Cl2N3O3. The maximum atomic E-state index is 12.3. The predicted molar refractivity (Wildman–Crippen MR) is 118 cm³/mol. The fourth-order valence-corrected chi connectivity index (χ4v) is 3.76. The van der Waals surface area contributed by atoms with E-state index in [1.54, 1.807) is 24.4 Å². The van der Waals surface area contributed by atoms with E-state index in [2.05, 4.69) is 15.2 Å². The van der Waals surface area contributed by atoms with Crippen LogP contribution in [0.1, 0.15) is 12.3 Å². The highest BCUT2D eigenvalue weighted by Crippen LogP contribution is 2.31. The molecule has 4 rings (SSSR count). The SMILES string of the molecule is O=C(CCc1ncc(-c2ccc(Cl)cc2Cl)o1)Nc1ccc(N2CCOCC2)cc1. The molecule has 1 aliphatic rings. The first kappa shape index (κ1) is 20.7. The van der Waals surface area contributed by atoms with E-state index in [0.717, 1.165) is 37.7 Å². The molecular weight excluding hydrogens is 425 g/mol. The molecule has 156 valence electrons. The summed E-state index contributed by atoms with van der Waals surface area (Å²) in [6.07, 6.45) is 2.26. The first-order valence-corrected chi connectivity index (χ1v) is 10.5. The van der Waals surface area contributed by atoms with Gasteiger partial charge in [-0.2, -0.15) is 0 Å². The van der Waals surface area contributed by atoms with Gasteiger partial charge in [-0.1, -0.05) is 23.2 Å². The molecule has 8 heteroatoms. The monoisotopic (exact) mass is 445 g/mol. The molecule has 1 saturated heterocycles. The molecule has 2 aromatic carbocycles. The Labute approximate surface area is 184 Å². The Morgan fingerprint density at radius 3 is 2.60 bits per heavy atom. The van der Waals surface area contributed by atoms with E-state index in [9.17, 15) is 4.79 Å². The number of morpholine rings is 1. The standard InChI is InChI=1S/C22H21Cl2N3O3/c23-15-1-6-18(19(24)13-15)20-14-25-22(30-20)8-7-21(28)26-16-2-4-17(5-3-16)27-9-11-29-12-10-27/h1-6,13-14H,7-12H2,(H,26,28). The molecule has 0 spiro atoms. The average molecular weight is 446 g/mol. The first-order valence-electron chi connectivity index (χ1n) is 9.71. The van der Waals surface area contributed by atoms with Gasteiger partial charge in [0.05, 0.1) is 24.4 Å². The van der Waals surface area contributed by atoms with Gasteiger partial charge in [0.15, 0.2) is 11.7 Å². The summed E-state index contributed by atoms with van der Waals surface area (Å²) in [5, 5.41) is 3.95. The smallest absolute Gasteiger partial charge is 0.224 e. The number of nitrogens with one attached hydrogen (secondary N) is 1. The lowest BCUT2D eigenvalue weighted by Gasteiger charge is -2.28. The Hall–Kier alpha value is -2.54. The van der Waals surface area contributed by atoms with Crippen LogP contribution in [0.4, 0.5) is 11.4 Å². The summed E-state index contributed by atoms with van der Waals surface area (Å²) < 4.78 is 11.1. The highest BCUT2D eigenvalue weighted by atomic mass is 35.5. The number of carbonyl (C=O) groups excluding carboxylic acids is 1. The van der Waals surface area contributed by atoms with E-state index in [-0.39, 0.29) is 12.3 Å². The van der Waals surface area contributed by atoms with Crippen LogP contribution in [0.15, 0.2) is 53.1 Å². The van der Waals surface area contributed by atoms with Gasteiger partial charge in [0.2, 0.25) is 5.91 Å². The zero-order valence-corrected chi connectivity index (χ0v) is 17.7. The molecule has 1 fully saturated rings. The number of oxazole rings is 1. The Balaban J connectivity index is 1.30. The minimum Gasteiger partial charge on any atom is -0.441 e. The number of halogens is 2. The molecule has 0 radical (unpaired) electrons. The number of amides is 1. The van der Waals surface area contributed by atoms with Crippen molar-refractivity contribution >= 4 is 40.5 Å². The van der Waals surface area contributed by atoms with Crippen molar-refractivity contribution in [1.29, 1.82) is 0 Å². The van der Waals surface area contributed by atoms with E-state index in [0.29, 0.717) is 33.7 Å². The van der Waals surface area contributed by atoms with Gasteiger partial charge < -0.3 is 19.4 Å². The lowest BCUT2D eigenvalue weighted by atomic mass is 10.2. The molecule has 1 aromatic heterocycles. The lowest BCUT2D eigenvalue weighted by molar-refractivity contribution is -0.116. The predicted octanol–water partition coefficient (Wildman–Crippen LogP) is 5.06. The number of nitrogens with zero attached hydrogens (tertiary/aromatic N) is 2. The number of hydrogen-bond acceptors (Lipinski definition) is 5. The number of aryl methyl sites for hydroxylation is 1.